The monoisotopic (exact) mass is 240 g/mol. The first kappa shape index (κ1) is 10.6. The van der Waals surface area contributed by atoms with Crippen LogP contribution >= 0.6 is 22.9 Å². The lowest BCUT2D eigenvalue weighted by atomic mass is 10.5. The number of aromatic nitrogens is 1. The van der Waals surface area contributed by atoms with E-state index in [0.717, 1.165) is 11.6 Å². The minimum Gasteiger partial charge on any atom is -0.321 e. The number of hydrogen-bond acceptors (Lipinski definition) is 2. The molecule has 2 aromatic rings. The molecule has 0 bridgehead atoms. The first-order valence-electron chi connectivity index (χ1n) is 4.78. The summed E-state index contributed by atoms with van der Waals surface area (Å²) < 4.78 is 2.09. The highest BCUT2D eigenvalue weighted by atomic mass is 35.5. The molecule has 0 radical (unpaired) electrons. The van der Waals surface area contributed by atoms with Crippen molar-refractivity contribution in [3.63, 3.8) is 0 Å². The molecular formula is C11H13ClN2S. The van der Waals surface area contributed by atoms with Crippen LogP contribution in [0, 0.1) is 13.8 Å². The summed E-state index contributed by atoms with van der Waals surface area (Å²) in [6.07, 6.45) is 0. The molecule has 0 fully saturated rings. The van der Waals surface area contributed by atoms with Gasteiger partial charge in [0.2, 0.25) is 0 Å². The Morgan fingerprint density at radius 2 is 2.00 bits per heavy atom. The maximum atomic E-state index is 5.86. The second-order valence-corrected chi connectivity index (χ2v) is 4.95. The van der Waals surface area contributed by atoms with Crippen LogP contribution in [0.1, 0.15) is 16.3 Å². The molecule has 0 aliphatic carbocycles. The minimum absolute atomic E-state index is 0.813. The fourth-order valence-corrected chi connectivity index (χ4v) is 2.53. The van der Waals surface area contributed by atoms with Gasteiger partial charge in [-0.1, -0.05) is 11.6 Å². The molecule has 15 heavy (non-hydrogen) atoms. The third kappa shape index (κ3) is 2.36. The molecule has 0 aromatic carbocycles. The van der Waals surface area contributed by atoms with E-state index < -0.39 is 0 Å². The number of nitrogens with zero attached hydrogens (tertiary/aromatic N) is 1. The molecule has 1 N–H and O–H groups in total. The summed E-state index contributed by atoms with van der Waals surface area (Å²) in [5.41, 5.74) is 5.79. The highest BCUT2D eigenvalue weighted by Gasteiger charge is 2.01. The van der Waals surface area contributed by atoms with Crippen molar-refractivity contribution in [3.05, 3.63) is 44.9 Å². The van der Waals surface area contributed by atoms with E-state index in [2.05, 4.69) is 36.1 Å². The summed E-state index contributed by atoms with van der Waals surface area (Å²) in [4.78, 5) is 1.24. The molecule has 2 heterocycles. The number of rotatable bonds is 3. The molecule has 0 saturated heterocycles. The van der Waals surface area contributed by atoms with Gasteiger partial charge in [0.05, 0.1) is 11.6 Å². The molecular weight excluding hydrogens is 228 g/mol. The van der Waals surface area contributed by atoms with E-state index in [4.69, 9.17) is 11.6 Å². The highest BCUT2D eigenvalue weighted by Crippen LogP contribution is 2.19. The molecule has 0 aliphatic heterocycles. The van der Waals surface area contributed by atoms with Gasteiger partial charge in [-0.3, -0.25) is 4.68 Å². The largest absolute Gasteiger partial charge is 0.321 e. The highest BCUT2D eigenvalue weighted by molar-refractivity contribution is 7.10. The van der Waals surface area contributed by atoms with Crippen LogP contribution in [0.25, 0.3) is 0 Å². The Morgan fingerprint density at radius 3 is 2.53 bits per heavy atom. The summed E-state index contributed by atoms with van der Waals surface area (Å²) in [5.74, 6) is 0. The van der Waals surface area contributed by atoms with Gasteiger partial charge in [-0.2, -0.15) is 0 Å². The minimum atomic E-state index is 0.813. The predicted octanol–water partition coefficient (Wildman–Crippen LogP) is 3.56. The average molecular weight is 241 g/mol. The van der Waals surface area contributed by atoms with Gasteiger partial charge >= 0.3 is 0 Å². The average Bonchev–Trinajstić information content (AvgIpc) is 2.73. The van der Waals surface area contributed by atoms with Gasteiger partial charge in [0.25, 0.3) is 0 Å². The van der Waals surface area contributed by atoms with Crippen molar-refractivity contribution in [1.29, 1.82) is 0 Å². The lowest BCUT2D eigenvalue weighted by Gasteiger charge is -2.11. The van der Waals surface area contributed by atoms with Crippen LogP contribution in [0.2, 0.25) is 5.02 Å². The zero-order valence-electron chi connectivity index (χ0n) is 8.75. The van der Waals surface area contributed by atoms with Gasteiger partial charge in [-0.25, -0.2) is 0 Å². The fourth-order valence-electron chi connectivity index (χ4n) is 1.52. The Balaban J connectivity index is 2.05. The topological polar surface area (TPSA) is 17.0 Å². The van der Waals surface area contributed by atoms with Crippen molar-refractivity contribution in [2.75, 3.05) is 5.43 Å². The normalized spacial score (nSPS) is 10.6. The summed E-state index contributed by atoms with van der Waals surface area (Å²) in [6, 6.07) is 6.20. The van der Waals surface area contributed by atoms with Gasteiger partial charge < -0.3 is 5.43 Å². The van der Waals surface area contributed by atoms with Crippen molar-refractivity contribution >= 4 is 22.9 Å². The van der Waals surface area contributed by atoms with E-state index in [-0.39, 0.29) is 0 Å². The van der Waals surface area contributed by atoms with Crippen LogP contribution in [0.3, 0.4) is 0 Å². The summed E-state index contributed by atoms with van der Waals surface area (Å²) >= 11 is 7.53. The Labute approximate surface area is 98.5 Å². The molecule has 0 unspecified atom stereocenters. The quantitative estimate of drug-likeness (QED) is 0.868. The predicted molar refractivity (Wildman–Crippen MR) is 66.3 cm³/mol. The second kappa shape index (κ2) is 4.29. The molecule has 0 spiro atoms. The summed E-state index contributed by atoms with van der Waals surface area (Å²) in [5, 5.41) is 2.77. The van der Waals surface area contributed by atoms with Gasteiger partial charge in [0.15, 0.2) is 0 Å². The van der Waals surface area contributed by atoms with Crippen LogP contribution < -0.4 is 5.43 Å². The fraction of sp³-hybridized carbons (Fsp3) is 0.273. The molecule has 80 valence electrons. The first-order valence-corrected chi connectivity index (χ1v) is 6.04. The van der Waals surface area contributed by atoms with E-state index in [1.165, 1.54) is 16.3 Å². The lowest BCUT2D eigenvalue weighted by Crippen LogP contribution is -2.16. The zero-order chi connectivity index (χ0) is 10.8. The van der Waals surface area contributed by atoms with Crippen molar-refractivity contribution in [2.45, 2.75) is 20.4 Å². The lowest BCUT2D eigenvalue weighted by molar-refractivity contribution is 0.797. The maximum absolute atomic E-state index is 5.86. The third-order valence-electron chi connectivity index (χ3n) is 2.30. The van der Waals surface area contributed by atoms with Crippen LogP contribution in [-0.2, 0) is 6.54 Å². The molecule has 0 aliphatic rings. The standard InChI is InChI=1S/C11H13ClN2S/c1-8-3-4-9(2)14(8)13-6-11-5-10(12)7-15-11/h3-5,7,13H,6H2,1-2H3. The molecule has 2 aromatic heterocycles. The Morgan fingerprint density at radius 1 is 1.33 bits per heavy atom. The van der Waals surface area contributed by atoms with Gasteiger partial charge in [-0.15, -0.1) is 11.3 Å². The maximum Gasteiger partial charge on any atom is 0.0658 e. The van der Waals surface area contributed by atoms with Crippen LogP contribution in [0.15, 0.2) is 23.6 Å². The Bertz CT molecular complexity index is 439. The summed E-state index contributed by atoms with van der Waals surface area (Å²) in [6.45, 7) is 4.98. The number of halogens is 1. The SMILES string of the molecule is Cc1ccc(C)n1NCc1cc(Cl)cs1. The number of thiophene rings is 1. The van der Waals surface area contributed by atoms with Gasteiger partial charge in [0, 0.05) is 21.6 Å². The van der Waals surface area contributed by atoms with Crippen molar-refractivity contribution in [1.82, 2.24) is 4.68 Å². The van der Waals surface area contributed by atoms with Crippen molar-refractivity contribution < 1.29 is 0 Å². The van der Waals surface area contributed by atoms with Crippen molar-refractivity contribution in [3.8, 4) is 0 Å². The second-order valence-electron chi connectivity index (χ2n) is 3.52. The Hall–Kier alpha value is -0.930. The molecule has 4 heteroatoms. The molecule has 2 rings (SSSR count). The number of hydrogen-bond donors (Lipinski definition) is 1. The smallest absolute Gasteiger partial charge is 0.0658 e. The van der Waals surface area contributed by atoms with E-state index in [0.29, 0.717) is 0 Å². The van der Waals surface area contributed by atoms with E-state index in [1.54, 1.807) is 11.3 Å². The molecule has 0 saturated carbocycles. The summed E-state index contributed by atoms with van der Waals surface area (Å²) in [7, 11) is 0. The number of nitrogens with one attached hydrogen (secondary N) is 1. The molecule has 0 atom stereocenters. The zero-order valence-corrected chi connectivity index (χ0v) is 10.3. The van der Waals surface area contributed by atoms with Gasteiger partial charge in [0.1, 0.15) is 0 Å². The van der Waals surface area contributed by atoms with Crippen LogP contribution in [0.5, 0.6) is 0 Å². The van der Waals surface area contributed by atoms with Crippen molar-refractivity contribution in [2.24, 2.45) is 0 Å². The third-order valence-corrected chi connectivity index (χ3v) is 3.59. The van der Waals surface area contributed by atoms with Crippen LogP contribution in [-0.4, -0.2) is 4.68 Å². The molecule has 0 amide bonds. The van der Waals surface area contributed by atoms with E-state index >= 15 is 0 Å². The first-order chi connectivity index (χ1) is 7.16. The molecule has 2 nitrogen and oxygen atoms in total. The Kier molecular flexibility index (Phi) is 3.03. The number of aryl methyl sites for hydroxylation is 2. The van der Waals surface area contributed by atoms with Crippen LogP contribution in [0.4, 0.5) is 0 Å². The van der Waals surface area contributed by atoms with E-state index in [9.17, 15) is 0 Å². The van der Waals surface area contributed by atoms with E-state index in [1.807, 2.05) is 11.4 Å². The van der Waals surface area contributed by atoms with Gasteiger partial charge in [-0.05, 0) is 32.0 Å².